The number of hydrogen-bond acceptors (Lipinski definition) is 4. The molecular weight excluding hydrogens is 290 g/mol. The molecule has 21 heavy (non-hydrogen) atoms. The lowest BCUT2D eigenvalue weighted by Gasteiger charge is -2.14. The maximum atomic E-state index is 12.3. The Hall–Kier alpha value is -1.81. The third-order valence-corrected chi connectivity index (χ3v) is 3.76. The van der Waals surface area contributed by atoms with Crippen molar-refractivity contribution in [3.05, 3.63) is 45.3 Å². The van der Waals surface area contributed by atoms with Crippen LogP contribution >= 0.6 is 11.6 Å². The fourth-order valence-electron chi connectivity index (χ4n) is 2.14. The number of aryl methyl sites for hydroxylation is 3. The second-order valence-electron chi connectivity index (χ2n) is 5.38. The first-order chi connectivity index (χ1) is 9.81. The number of carbonyl (C=O) groups excluding carboxylic acids is 1. The topological polar surface area (TPSA) is 52.3 Å². The minimum Gasteiger partial charge on any atom is -0.422 e. The Morgan fingerprint density at radius 1 is 1.29 bits per heavy atom. The summed E-state index contributed by atoms with van der Waals surface area (Å²) in [7, 11) is 0. The van der Waals surface area contributed by atoms with Crippen molar-refractivity contribution in [2.24, 2.45) is 0 Å². The predicted octanol–water partition coefficient (Wildman–Crippen LogP) is 4.60. The summed E-state index contributed by atoms with van der Waals surface area (Å²) in [4.78, 5) is 12.3. The van der Waals surface area contributed by atoms with E-state index in [1.807, 2.05) is 26.8 Å². The summed E-state index contributed by atoms with van der Waals surface area (Å²) in [5.41, 5.74) is 2.65. The summed E-state index contributed by atoms with van der Waals surface area (Å²) in [5.74, 6) is 0.705. The van der Waals surface area contributed by atoms with E-state index in [1.165, 1.54) is 0 Å². The zero-order valence-electron chi connectivity index (χ0n) is 12.8. The fraction of sp³-hybridized carbons (Fsp3) is 0.375. The summed E-state index contributed by atoms with van der Waals surface area (Å²) in [6.45, 7) is 9.32. The maximum absolute atomic E-state index is 12.3. The second-order valence-corrected chi connectivity index (χ2v) is 5.79. The van der Waals surface area contributed by atoms with E-state index in [9.17, 15) is 4.79 Å². The van der Waals surface area contributed by atoms with Crippen molar-refractivity contribution in [3.8, 4) is 5.75 Å². The molecule has 0 bridgehead atoms. The highest BCUT2D eigenvalue weighted by atomic mass is 35.5. The highest BCUT2D eigenvalue weighted by molar-refractivity contribution is 6.31. The summed E-state index contributed by atoms with van der Waals surface area (Å²) in [6.07, 6.45) is 0. The van der Waals surface area contributed by atoms with Gasteiger partial charge in [-0.25, -0.2) is 4.79 Å². The minimum atomic E-state index is -0.463. The number of aromatic nitrogens is 1. The van der Waals surface area contributed by atoms with Gasteiger partial charge in [0.15, 0.2) is 0 Å². The van der Waals surface area contributed by atoms with Crippen LogP contribution in [0.3, 0.4) is 0 Å². The first-order valence-corrected chi connectivity index (χ1v) is 7.14. The molecule has 0 spiro atoms. The second kappa shape index (κ2) is 5.90. The molecule has 0 fully saturated rings. The summed E-state index contributed by atoms with van der Waals surface area (Å²) >= 11 is 6.15. The number of rotatable bonds is 3. The average molecular weight is 308 g/mol. The van der Waals surface area contributed by atoms with Gasteiger partial charge in [0.2, 0.25) is 0 Å². The largest absolute Gasteiger partial charge is 0.422 e. The van der Waals surface area contributed by atoms with Crippen LogP contribution in [0.5, 0.6) is 5.75 Å². The molecule has 0 N–H and O–H groups in total. The Morgan fingerprint density at radius 3 is 2.48 bits per heavy atom. The standard InChI is InChI=1S/C16H18ClNO3/c1-8(2)12-7-13(17)9(3)6-14(12)20-16(19)15-10(4)18-21-11(15)5/h6-8H,1-5H3. The Balaban J connectivity index is 2.40. The monoisotopic (exact) mass is 307 g/mol. The molecule has 2 rings (SSSR count). The van der Waals surface area contributed by atoms with Gasteiger partial charge in [0.25, 0.3) is 0 Å². The van der Waals surface area contributed by atoms with Crippen molar-refractivity contribution in [2.75, 3.05) is 0 Å². The quantitative estimate of drug-likeness (QED) is 0.614. The Bertz CT molecular complexity index is 670. The number of halogens is 1. The van der Waals surface area contributed by atoms with Crippen LogP contribution < -0.4 is 4.74 Å². The highest BCUT2D eigenvalue weighted by Gasteiger charge is 2.21. The Kier molecular flexibility index (Phi) is 4.37. The highest BCUT2D eigenvalue weighted by Crippen LogP contribution is 2.32. The van der Waals surface area contributed by atoms with Crippen LogP contribution in [0.15, 0.2) is 16.7 Å². The molecule has 112 valence electrons. The van der Waals surface area contributed by atoms with Gasteiger partial charge in [-0.2, -0.15) is 0 Å². The number of nitrogens with zero attached hydrogens (tertiary/aromatic N) is 1. The van der Waals surface area contributed by atoms with Gasteiger partial charge in [-0.1, -0.05) is 30.6 Å². The number of benzene rings is 1. The number of ether oxygens (including phenoxy) is 1. The molecule has 0 radical (unpaired) electrons. The molecule has 0 aliphatic heterocycles. The van der Waals surface area contributed by atoms with Gasteiger partial charge in [0, 0.05) is 5.02 Å². The molecular formula is C16H18ClNO3. The van der Waals surface area contributed by atoms with E-state index in [0.29, 0.717) is 27.8 Å². The van der Waals surface area contributed by atoms with Crippen LogP contribution in [0.1, 0.15) is 52.7 Å². The van der Waals surface area contributed by atoms with Crippen molar-refractivity contribution in [2.45, 2.75) is 40.5 Å². The van der Waals surface area contributed by atoms with Gasteiger partial charge in [0.1, 0.15) is 17.1 Å². The van der Waals surface area contributed by atoms with E-state index in [4.69, 9.17) is 20.9 Å². The van der Waals surface area contributed by atoms with Gasteiger partial charge < -0.3 is 9.26 Å². The van der Waals surface area contributed by atoms with Crippen molar-refractivity contribution >= 4 is 17.6 Å². The van der Waals surface area contributed by atoms with Gasteiger partial charge in [-0.05, 0) is 49.9 Å². The van der Waals surface area contributed by atoms with Gasteiger partial charge >= 0.3 is 5.97 Å². The van der Waals surface area contributed by atoms with Crippen LogP contribution in [0.2, 0.25) is 5.02 Å². The zero-order valence-corrected chi connectivity index (χ0v) is 13.5. The van der Waals surface area contributed by atoms with Crippen LogP contribution in [0.4, 0.5) is 0 Å². The van der Waals surface area contributed by atoms with Crippen molar-refractivity contribution in [1.82, 2.24) is 5.16 Å². The molecule has 0 saturated heterocycles. The van der Waals surface area contributed by atoms with Gasteiger partial charge in [-0.15, -0.1) is 0 Å². The number of hydrogen-bond donors (Lipinski definition) is 0. The van der Waals surface area contributed by atoms with E-state index < -0.39 is 5.97 Å². The van der Waals surface area contributed by atoms with Crippen molar-refractivity contribution in [3.63, 3.8) is 0 Å². The summed E-state index contributed by atoms with van der Waals surface area (Å²) in [6, 6.07) is 3.63. The lowest BCUT2D eigenvalue weighted by molar-refractivity contribution is 0.0730. The van der Waals surface area contributed by atoms with Crippen LogP contribution in [0.25, 0.3) is 0 Å². The number of esters is 1. The lowest BCUT2D eigenvalue weighted by Crippen LogP contribution is -2.12. The minimum absolute atomic E-state index is 0.190. The number of carbonyl (C=O) groups is 1. The molecule has 0 unspecified atom stereocenters. The van der Waals surface area contributed by atoms with E-state index in [2.05, 4.69) is 5.16 Å². The average Bonchev–Trinajstić information content (AvgIpc) is 2.72. The van der Waals surface area contributed by atoms with Gasteiger partial charge in [0.05, 0.1) is 5.69 Å². The Morgan fingerprint density at radius 2 is 1.95 bits per heavy atom. The molecule has 0 aliphatic carbocycles. The zero-order chi connectivity index (χ0) is 15.7. The van der Waals surface area contributed by atoms with Crippen molar-refractivity contribution < 1.29 is 14.1 Å². The molecule has 0 aliphatic rings. The van der Waals surface area contributed by atoms with Crippen LogP contribution in [-0.4, -0.2) is 11.1 Å². The molecule has 0 saturated carbocycles. The molecule has 1 heterocycles. The van der Waals surface area contributed by atoms with E-state index in [0.717, 1.165) is 11.1 Å². The molecule has 5 heteroatoms. The van der Waals surface area contributed by atoms with E-state index in [1.54, 1.807) is 19.9 Å². The third kappa shape index (κ3) is 3.10. The molecule has 2 aromatic rings. The smallest absolute Gasteiger partial charge is 0.349 e. The van der Waals surface area contributed by atoms with Gasteiger partial charge in [-0.3, -0.25) is 0 Å². The maximum Gasteiger partial charge on any atom is 0.349 e. The first-order valence-electron chi connectivity index (χ1n) is 6.76. The van der Waals surface area contributed by atoms with Crippen LogP contribution in [0, 0.1) is 20.8 Å². The van der Waals surface area contributed by atoms with E-state index in [-0.39, 0.29) is 5.92 Å². The molecule has 0 amide bonds. The normalized spacial score (nSPS) is 11.0. The summed E-state index contributed by atoms with van der Waals surface area (Å²) < 4.78 is 10.6. The fourth-order valence-corrected chi connectivity index (χ4v) is 2.31. The Labute approximate surface area is 129 Å². The summed E-state index contributed by atoms with van der Waals surface area (Å²) in [5, 5.41) is 4.43. The molecule has 0 atom stereocenters. The molecule has 1 aromatic heterocycles. The van der Waals surface area contributed by atoms with Crippen molar-refractivity contribution in [1.29, 1.82) is 0 Å². The third-order valence-electron chi connectivity index (χ3n) is 3.35. The molecule has 4 nitrogen and oxygen atoms in total. The SMILES string of the molecule is Cc1cc(OC(=O)c2c(C)noc2C)c(C(C)C)cc1Cl. The lowest BCUT2D eigenvalue weighted by atomic mass is 10.0. The van der Waals surface area contributed by atoms with Crippen LogP contribution in [-0.2, 0) is 0 Å². The van der Waals surface area contributed by atoms with E-state index >= 15 is 0 Å². The molecule has 1 aromatic carbocycles. The first kappa shape index (κ1) is 15.6. The predicted molar refractivity (Wildman–Crippen MR) is 81.2 cm³/mol.